The third-order valence-corrected chi connectivity index (χ3v) is 5.85. The van der Waals surface area contributed by atoms with E-state index in [9.17, 15) is 9.90 Å². The number of carbonyl (C=O) groups excluding carboxylic acids is 1. The van der Waals surface area contributed by atoms with Gasteiger partial charge >= 0.3 is 0 Å². The fourth-order valence-electron chi connectivity index (χ4n) is 4.29. The largest absolute Gasteiger partial charge is 0.508 e. The standard InChI is InChI=1S/C23H28N2O3/c1-17-9-10-19(15-20(17)26)23(27)25-13-14-28-21(16-24-11-5-6-12-24)22(25)18-7-3-2-4-8-18/h2-4,7-10,15,21-22,26H,5-6,11-14,16H2,1H3/t21-,22-/m0/s1. The zero-order valence-electron chi connectivity index (χ0n) is 16.4. The van der Waals surface area contributed by atoms with Gasteiger partial charge in [0.25, 0.3) is 5.91 Å². The molecule has 0 spiro atoms. The Balaban J connectivity index is 1.64. The lowest BCUT2D eigenvalue weighted by Gasteiger charge is -2.42. The van der Waals surface area contributed by atoms with Crippen LogP contribution in [0.5, 0.6) is 5.75 Å². The van der Waals surface area contributed by atoms with Crippen LogP contribution in [0.1, 0.15) is 40.4 Å². The molecule has 148 valence electrons. The first-order valence-corrected chi connectivity index (χ1v) is 10.1. The lowest BCUT2D eigenvalue weighted by atomic mass is 9.96. The summed E-state index contributed by atoms with van der Waals surface area (Å²) in [5, 5.41) is 10.1. The van der Waals surface area contributed by atoms with Crippen molar-refractivity contribution in [3.8, 4) is 5.75 Å². The maximum absolute atomic E-state index is 13.4. The number of phenols is 1. The van der Waals surface area contributed by atoms with Gasteiger partial charge in [0.1, 0.15) is 5.75 Å². The minimum atomic E-state index is -0.133. The number of amides is 1. The van der Waals surface area contributed by atoms with E-state index >= 15 is 0 Å². The van der Waals surface area contributed by atoms with Gasteiger partial charge in [0.15, 0.2) is 0 Å². The van der Waals surface area contributed by atoms with Crippen molar-refractivity contribution in [3.05, 3.63) is 65.2 Å². The van der Waals surface area contributed by atoms with Gasteiger partial charge in [0.05, 0.1) is 18.8 Å². The van der Waals surface area contributed by atoms with Crippen molar-refractivity contribution in [2.24, 2.45) is 0 Å². The van der Waals surface area contributed by atoms with Gasteiger partial charge in [-0.15, -0.1) is 0 Å². The Morgan fingerprint density at radius 1 is 1.11 bits per heavy atom. The van der Waals surface area contributed by atoms with Crippen LogP contribution in [0.25, 0.3) is 0 Å². The summed E-state index contributed by atoms with van der Waals surface area (Å²) in [4.78, 5) is 17.7. The molecule has 0 unspecified atom stereocenters. The maximum atomic E-state index is 13.4. The van der Waals surface area contributed by atoms with Gasteiger partial charge in [0.2, 0.25) is 0 Å². The van der Waals surface area contributed by atoms with Crippen molar-refractivity contribution < 1.29 is 14.6 Å². The predicted molar refractivity (Wildman–Crippen MR) is 108 cm³/mol. The number of likely N-dealkylation sites (tertiary alicyclic amines) is 1. The second kappa shape index (κ2) is 8.33. The lowest BCUT2D eigenvalue weighted by Crippen LogP contribution is -2.51. The number of phenolic OH excluding ortho intramolecular Hbond substituents is 1. The number of hydrogen-bond acceptors (Lipinski definition) is 4. The molecule has 28 heavy (non-hydrogen) atoms. The number of carbonyl (C=O) groups is 1. The molecule has 0 aromatic heterocycles. The quantitative estimate of drug-likeness (QED) is 0.884. The first-order valence-electron chi connectivity index (χ1n) is 10.1. The first-order chi connectivity index (χ1) is 13.6. The molecule has 4 rings (SSSR count). The van der Waals surface area contributed by atoms with E-state index in [4.69, 9.17) is 4.74 Å². The van der Waals surface area contributed by atoms with E-state index < -0.39 is 0 Å². The number of benzene rings is 2. The maximum Gasteiger partial charge on any atom is 0.254 e. The summed E-state index contributed by atoms with van der Waals surface area (Å²) in [5.41, 5.74) is 2.38. The lowest BCUT2D eigenvalue weighted by molar-refractivity contribution is -0.0707. The van der Waals surface area contributed by atoms with Gasteiger partial charge in [-0.05, 0) is 56.1 Å². The van der Waals surface area contributed by atoms with Crippen LogP contribution in [-0.4, -0.2) is 59.7 Å². The molecule has 2 atom stereocenters. The molecule has 2 heterocycles. The number of morpholine rings is 1. The van der Waals surface area contributed by atoms with E-state index in [-0.39, 0.29) is 23.8 Å². The highest BCUT2D eigenvalue weighted by molar-refractivity contribution is 5.95. The van der Waals surface area contributed by atoms with E-state index in [0.29, 0.717) is 18.7 Å². The minimum Gasteiger partial charge on any atom is -0.508 e. The molecule has 2 aliphatic rings. The molecule has 2 aliphatic heterocycles. The molecule has 0 radical (unpaired) electrons. The molecular weight excluding hydrogens is 352 g/mol. The molecule has 2 aromatic carbocycles. The van der Waals surface area contributed by atoms with Crippen LogP contribution >= 0.6 is 0 Å². The van der Waals surface area contributed by atoms with Gasteiger partial charge in [-0.3, -0.25) is 4.79 Å². The third-order valence-electron chi connectivity index (χ3n) is 5.85. The summed E-state index contributed by atoms with van der Waals surface area (Å²) in [6, 6.07) is 15.2. The molecule has 2 aromatic rings. The number of aromatic hydroxyl groups is 1. The van der Waals surface area contributed by atoms with Gasteiger partial charge in [-0.2, -0.15) is 0 Å². The van der Waals surface area contributed by atoms with Crippen LogP contribution in [0.2, 0.25) is 0 Å². The molecule has 5 heteroatoms. The molecule has 0 bridgehead atoms. The number of nitrogens with zero attached hydrogens (tertiary/aromatic N) is 2. The Bertz CT molecular complexity index is 818. The average Bonchev–Trinajstić information content (AvgIpc) is 3.23. The monoisotopic (exact) mass is 380 g/mol. The van der Waals surface area contributed by atoms with E-state index in [2.05, 4.69) is 17.0 Å². The molecule has 5 nitrogen and oxygen atoms in total. The van der Waals surface area contributed by atoms with Crippen molar-refractivity contribution >= 4 is 5.91 Å². The van der Waals surface area contributed by atoms with E-state index in [1.807, 2.05) is 30.0 Å². The minimum absolute atomic E-state index is 0.0566. The summed E-state index contributed by atoms with van der Waals surface area (Å²) < 4.78 is 6.18. The number of rotatable bonds is 4. The second-order valence-electron chi connectivity index (χ2n) is 7.77. The predicted octanol–water partition coefficient (Wildman–Crippen LogP) is 3.38. The number of ether oxygens (including phenoxy) is 1. The molecular formula is C23H28N2O3. The van der Waals surface area contributed by atoms with Crippen LogP contribution in [0.4, 0.5) is 0 Å². The van der Waals surface area contributed by atoms with Gasteiger partial charge in [-0.25, -0.2) is 0 Å². The van der Waals surface area contributed by atoms with Crippen LogP contribution in [0.15, 0.2) is 48.5 Å². The topological polar surface area (TPSA) is 53.0 Å². The number of aryl methyl sites for hydroxylation is 1. The molecule has 2 fully saturated rings. The Morgan fingerprint density at radius 2 is 1.86 bits per heavy atom. The van der Waals surface area contributed by atoms with Crippen molar-refractivity contribution in [2.75, 3.05) is 32.8 Å². The van der Waals surface area contributed by atoms with Crippen LogP contribution < -0.4 is 0 Å². The van der Waals surface area contributed by atoms with Gasteiger partial charge in [0, 0.05) is 18.7 Å². The van der Waals surface area contributed by atoms with Crippen molar-refractivity contribution in [1.29, 1.82) is 0 Å². The highest BCUT2D eigenvalue weighted by Gasteiger charge is 2.38. The summed E-state index contributed by atoms with van der Waals surface area (Å²) >= 11 is 0. The van der Waals surface area contributed by atoms with Gasteiger partial charge in [-0.1, -0.05) is 36.4 Å². The van der Waals surface area contributed by atoms with Crippen LogP contribution in [0.3, 0.4) is 0 Å². The van der Waals surface area contributed by atoms with E-state index in [0.717, 1.165) is 30.8 Å². The Hall–Kier alpha value is -2.37. The molecule has 0 saturated carbocycles. The molecule has 1 amide bonds. The van der Waals surface area contributed by atoms with Crippen molar-refractivity contribution in [3.63, 3.8) is 0 Å². The fraction of sp³-hybridized carbons (Fsp3) is 0.435. The molecule has 1 N–H and O–H groups in total. The first kappa shape index (κ1) is 19.0. The third kappa shape index (κ3) is 3.91. The van der Waals surface area contributed by atoms with E-state index in [1.54, 1.807) is 18.2 Å². The SMILES string of the molecule is Cc1ccc(C(=O)N2CCO[C@@H](CN3CCCC3)[C@@H]2c2ccccc2)cc1O. The van der Waals surface area contributed by atoms with Crippen LogP contribution in [-0.2, 0) is 4.74 Å². The summed E-state index contributed by atoms with van der Waals surface area (Å²) in [7, 11) is 0. The number of hydrogen-bond donors (Lipinski definition) is 1. The zero-order valence-corrected chi connectivity index (χ0v) is 16.4. The fourth-order valence-corrected chi connectivity index (χ4v) is 4.29. The van der Waals surface area contributed by atoms with Gasteiger partial charge < -0.3 is 19.6 Å². The summed E-state index contributed by atoms with van der Waals surface area (Å²) in [6.07, 6.45) is 2.40. The van der Waals surface area contributed by atoms with Crippen LogP contribution in [0, 0.1) is 6.92 Å². The Morgan fingerprint density at radius 3 is 2.57 bits per heavy atom. The van der Waals surface area contributed by atoms with Crippen molar-refractivity contribution in [2.45, 2.75) is 31.9 Å². The highest BCUT2D eigenvalue weighted by atomic mass is 16.5. The second-order valence-corrected chi connectivity index (χ2v) is 7.77. The summed E-state index contributed by atoms with van der Waals surface area (Å²) in [5.74, 6) is 0.0999. The molecule has 2 saturated heterocycles. The normalized spacial score (nSPS) is 23.1. The zero-order chi connectivity index (χ0) is 19.5. The highest BCUT2D eigenvalue weighted by Crippen LogP contribution is 2.32. The Labute approximate surface area is 166 Å². The Kier molecular flexibility index (Phi) is 5.64. The smallest absolute Gasteiger partial charge is 0.254 e. The average molecular weight is 380 g/mol. The summed E-state index contributed by atoms with van der Waals surface area (Å²) in [6.45, 7) is 5.94. The van der Waals surface area contributed by atoms with Crippen molar-refractivity contribution in [1.82, 2.24) is 9.80 Å². The van der Waals surface area contributed by atoms with E-state index in [1.165, 1.54) is 12.8 Å². The molecule has 0 aliphatic carbocycles.